The van der Waals surface area contributed by atoms with Crippen molar-refractivity contribution in [2.75, 3.05) is 39.1 Å². The van der Waals surface area contributed by atoms with Gasteiger partial charge >= 0.3 is 5.96 Å². The van der Waals surface area contributed by atoms with E-state index in [-0.39, 0.29) is 6.04 Å². The second-order valence-corrected chi connectivity index (χ2v) is 6.78. The summed E-state index contributed by atoms with van der Waals surface area (Å²) in [5.41, 5.74) is 0.851. The molecule has 0 unspecified atom stereocenters. The maximum Gasteiger partial charge on any atom is 0.362 e. The fraction of sp³-hybridized carbons (Fsp3) is 0.529. The molecule has 1 saturated heterocycles. The van der Waals surface area contributed by atoms with E-state index in [1.807, 2.05) is 37.1 Å². The molecule has 8 heteroatoms. The SMILES string of the molecule is C[C@@H]1CCN(C(NC#N)=[N+](C)C)C[C@@H]1N(C)c1ncnc2[nH]ccc12. The Morgan fingerprint density at radius 1 is 1.48 bits per heavy atom. The molecule has 0 saturated carbocycles. The summed E-state index contributed by atoms with van der Waals surface area (Å²) in [6.07, 6.45) is 6.59. The second-order valence-electron chi connectivity index (χ2n) is 6.78. The van der Waals surface area contributed by atoms with Crippen molar-refractivity contribution in [3.8, 4) is 6.19 Å². The van der Waals surface area contributed by atoms with Gasteiger partial charge in [0.25, 0.3) is 6.19 Å². The van der Waals surface area contributed by atoms with Crippen LogP contribution in [0.25, 0.3) is 11.0 Å². The molecule has 0 aromatic carbocycles. The largest absolute Gasteiger partial charge is 0.362 e. The fourth-order valence-electron chi connectivity index (χ4n) is 3.57. The molecular weight excluding hydrogens is 316 g/mol. The van der Waals surface area contributed by atoms with Crippen LogP contribution in [0.2, 0.25) is 0 Å². The smallest absolute Gasteiger partial charge is 0.353 e. The molecule has 1 aliphatic rings. The van der Waals surface area contributed by atoms with Crippen molar-refractivity contribution in [2.24, 2.45) is 5.92 Å². The number of guanidine groups is 1. The number of aromatic nitrogens is 3. The molecule has 132 valence electrons. The quantitative estimate of drug-likeness (QED) is 0.276. The molecule has 0 bridgehead atoms. The van der Waals surface area contributed by atoms with Crippen molar-refractivity contribution in [3.05, 3.63) is 18.6 Å². The highest BCUT2D eigenvalue weighted by Crippen LogP contribution is 2.28. The van der Waals surface area contributed by atoms with Gasteiger partial charge in [0.05, 0.1) is 38.6 Å². The summed E-state index contributed by atoms with van der Waals surface area (Å²) in [6.45, 7) is 4.04. The average molecular weight is 341 g/mol. The number of nitrogens with one attached hydrogen (secondary N) is 2. The Morgan fingerprint density at radius 3 is 3.00 bits per heavy atom. The van der Waals surface area contributed by atoms with Crippen LogP contribution in [0.15, 0.2) is 18.6 Å². The Bertz CT molecular complexity index is 813. The van der Waals surface area contributed by atoms with Gasteiger partial charge in [0, 0.05) is 13.2 Å². The minimum Gasteiger partial charge on any atom is -0.353 e. The summed E-state index contributed by atoms with van der Waals surface area (Å²) in [4.78, 5) is 16.4. The molecule has 2 aromatic heterocycles. The van der Waals surface area contributed by atoms with Gasteiger partial charge in [0.15, 0.2) is 0 Å². The summed E-state index contributed by atoms with van der Waals surface area (Å²) < 4.78 is 1.95. The Kier molecular flexibility index (Phi) is 4.74. The van der Waals surface area contributed by atoms with Crippen molar-refractivity contribution >= 4 is 22.8 Å². The van der Waals surface area contributed by atoms with E-state index in [0.29, 0.717) is 5.92 Å². The highest BCUT2D eigenvalue weighted by molar-refractivity contribution is 5.87. The first kappa shape index (κ1) is 17.0. The Hall–Kier alpha value is -2.82. The van der Waals surface area contributed by atoms with Crippen molar-refractivity contribution in [2.45, 2.75) is 19.4 Å². The molecule has 3 rings (SSSR count). The molecule has 0 amide bonds. The molecular formula is C17H25N8+. The Labute approximate surface area is 147 Å². The minimum absolute atomic E-state index is 0.289. The Balaban J connectivity index is 1.88. The topological polar surface area (TPSA) is 86.9 Å². The van der Waals surface area contributed by atoms with Crippen LogP contribution in [0, 0.1) is 17.4 Å². The van der Waals surface area contributed by atoms with E-state index in [1.54, 1.807) is 6.33 Å². The third kappa shape index (κ3) is 3.22. The normalized spacial score (nSPS) is 20.2. The number of rotatable bonds is 2. The van der Waals surface area contributed by atoms with Gasteiger partial charge < -0.3 is 9.88 Å². The van der Waals surface area contributed by atoms with Gasteiger partial charge in [-0.15, -0.1) is 0 Å². The number of nitrogens with zero attached hydrogens (tertiary/aromatic N) is 6. The van der Waals surface area contributed by atoms with Gasteiger partial charge in [-0.2, -0.15) is 10.6 Å². The van der Waals surface area contributed by atoms with Gasteiger partial charge in [-0.25, -0.2) is 9.97 Å². The van der Waals surface area contributed by atoms with Gasteiger partial charge in [-0.3, -0.25) is 9.48 Å². The van der Waals surface area contributed by atoms with E-state index in [9.17, 15) is 0 Å². The maximum atomic E-state index is 9.05. The van der Waals surface area contributed by atoms with E-state index in [1.165, 1.54) is 0 Å². The average Bonchev–Trinajstić information content (AvgIpc) is 3.08. The molecule has 2 N–H and O–H groups in total. The summed E-state index contributed by atoms with van der Waals surface area (Å²) >= 11 is 0. The first-order valence-corrected chi connectivity index (χ1v) is 8.48. The molecule has 25 heavy (non-hydrogen) atoms. The predicted molar refractivity (Wildman–Crippen MR) is 97.3 cm³/mol. The van der Waals surface area contributed by atoms with Crippen LogP contribution in [0.4, 0.5) is 5.82 Å². The number of hydrogen-bond acceptors (Lipinski definition) is 4. The number of aromatic amines is 1. The second kappa shape index (κ2) is 6.97. The van der Waals surface area contributed by atoms with Crippen LogP contribution in [0.5, 0.6) is 0 Å². The van der Waals surface area contributed by atoms with E-state index >= 15 is 0 Å². The molecule has 8 nitrogen and oxygen atoms in total. The number of piperidine rings is 1. The summed E-state index contributed by atoms with van der Waals surface area (Å²) in [5, 5.41) is 12.9. The van der Waals surface area contributed by atoms with Crippen LogP contribution in [-0.2, 0) is 0 Å². The summed E-state index contributed by atoms with van der Waals surface area (Å²) in [6, 6.07) is 2.30. The third-order valence-corrected chi connectivity index (χ3v) is 4.97. The molecule has 1 aliphatic heterocycles. The Morgan fingerprint density at radius 2 is 2.28 bits per heavy atom. The predicted octanol–water partition coefficient (Wildman–Crippen LogP) is 0.803. The zero-order valence-electron chi connectivity index (χ0n) is 15.2. The molecule has 2 aromatic rings. The standard InChI is InChI=1S/C17H24N8/c1-12-6-8-25(17(20-10-18)23(2)3)9-14(12)24(4)16-13-5-7-19-15(13)21-11-22-16/h5,7,11-12,14H,6,8-9H2,1-4H3,(H,19,21,22)/p+1/t12-,14+/m1/s1. The van der Waals surface area contributed by atoms with Crippen LogP contribution < -0.4 is 10.2 Å². The lowest BCUT2D eigenvalue weighted by molar-refractivity contribution is -0.472. The van der Waals surface area contributed by atoms with Crippen molar-refractivity contribution in [1.82, 2.24) is 25.2 Å². The summed E-state index contributed by atoms with van der Waals surface area (Å²) in [5.74, 6) is 2.29. The van der Waals surface area contributed by atoms with E-state index < -0.39 is 0 Å². The zero-order valence-corrected chi connectivity index (χ0v) is 15.2. The first-order chi connectivity index (χ1) is 12.0. The lowest BCUT2D eigenvalue weighted by Gasteiger charge is -2.40. The number of nitriles is 1. The highest BCUT2D eigenvalue weighted by atomic mass is 15.4. The minimum atomic E-state index is 0.289. The van der Waals surface area contributed by atoms with Crippen molar-refractivity contribution in [1.29, 1.82) is 5.26 Å². The summed E-state index contributed by atoms with van der Waals surface area (Å²) in [7, 11) is 5.99. The van der Waals surface area contributed by atoms with Crippen LogP contribution in [-0.4, -0.2) is 70.7 Å². The molecule has 0 spiro atoms. The molecule has 2 atom stereocenters. The molecule has 0 radical (unpaired) electrons. The van der Waals surface area contributed by atoms with Crippen LogP contribution in [0.1, 0.15) is 13.3 Å². The number of likely N-dealkylation sites (tertiary alicyclic amines) is 1. The number of anilines is 1. The first-order valence-electron chi connectivity index (χ1n) is 8.48. The lowest BCUT2D eigenvalue weighted by Crippen LogP contribution is -2.56. The number of hydrogen-bond donors (Lipinski definition) is 2. The molecule has 0 aliphatic carbocycles. The van der Waals surface area contributed by atoms with Gasteiger partial charge in [0.2, 0.25) is 0 Å². The monoisotopic (exact) mass is 341 g/mol. The third-order valence-electron chi connectivity index (χ3n) is 4.97. The highest BCUT2D eigenvalue weighted by Gasteiger charge is 2.35. The van der Waals surface area contributed by atoms with E-state index in [2.05, 4.69) is 44.0 Å². The number of H-pyrrole nitrogens is 1. The van der Waals surface area contributed by atoms with Crippen molar-refractivity contribution < 1.29 is 4.58 Å². The zero-order chi connectivity index (χ0) is 18.0. The number of likely N-dealkylation sites (N-methyl/N-ethyl adjacent to an activating group) is 1. The van der Waals surface area contributed by atoms with Crippen molar-refractivity contribution in [3.63, 3.8) is 0 Å². The van der Waals surface area contributed by atoms with E-state index in [4.69, 9.17) is 5.26 Å². The number of fused-ring (bicyclic) bond motifs is 1. The molecule has 1 fully saturated rings. The van der Waals surface area contributed by atoms with Gasteiger partial charge in [0.1, 0.15) is 17.8 Å². The van der Waals surface area contributed by atoms with Crippen LogP contribution in [0.3, 0.4) is 0 Å². The molecule has 3 heterocycles. The van der Waals surface area contributed by atoms with Crippen LogP contribution >= 0.6 is 0 Å². The fourth-order valence-corrected chi connectivity index (χ4v) is 3.57. The van der Waals surface area contributed by atoms with Gasteiger partial charge in [-0.05, 0) is 18.4 Å². The van der Waals surface area contributed by atoms with E-state index in [0.717, 1.165) is 42.3 Å². The lowest BCUT2D eigenvalue weighted by atomic mass is 9.92. The maximum absolute atomic E-state index is 9.05. The van der Waals surface area contributed by atoms with Gasteiger partial charge in [-0.1, -0.05) is 6.92 Å².